The molecule has 1 aromatic carbocycles. The first-order chi connectivity index (χ1) is 16.9. The summed E-state index contributed by atoms with van der Waals surface area (Å²) in [4.78, 5) is 39.7. The van der Waals surface area contributed by atoms with Crippen LogP contribution < -0.4 is 10.2 Å². The Morgan fingerprint density at radius 1 is 1.20 bits per heavy atom. The van der Waals surface area contributed by atoms with Crippen LogP contribution in [0.4, 0.5) is 16.6 Å². The molecule has 0 aliphatic carbocycles. The minimum atomic E-state index is -0.343. The maximum absolute atomic E-state index is 13.3. The Labute approximate surface area is 210 Å². The Morgan fingerprint density at radius 2 is 2.00 bits per heavy atom. The number of anilines is 3. The van der Waals surface area contributed by atoms with Gasteiger partial charge in [0.05, 0.1) is 18.8 Å². The Balaban J connectivity index is 1.44. The molecule has 1 aliphatic rings. The molecule has 0 bridgehead atoms. The van der Waals surface area contributed by atoms with Crippen LogP contribution in [0.25, 0.3) is 0 Å². The van der Waals surface area contributed by atoms with Gasteiger partial charge in [0.25, 0.3) is 0 Å². The zero-order valence-electron chi connectivity index (χ0n) is 20.3. The molecule has 2 aromatic heterocycles. The number of ether oxygens (including phenoxy) is 1. The maximum Gasteiger partial charge on any atom is 0.242 e. The molecule has 35 heavy (non-hydrogen) atoms. The summed E-state index contributed by atoms with van der Waals surface area (Å²) in [5.74, 6) is 0.726. The summed E-state index contributed by atoms with van der Waals surface area (Å²) in [6.07, 6.45) is 1.86. The number of benzene rings is 1. The van der Waals surface area contributed by atoms with Gasteiger partial charge in [-0.1, -0.05) is 38.1 Å². The Morgan fingerprint density at radius 3 is 2.71 bits per heavy atom. The molecule has 1 unspecified atom stereocenters. The molecule has 1 aliphatic heterocycles. The third-order valence-corrected chi connectivity index (χ3v) is 6.45. The van der Waals surface area contributed by atoms with Crippen LogP contribution >= 0.6 is 11.3 Å². The molecule has 4 rings (SSSR count). The Bertz CT molecular complexity index is 1150. The number of hydrogen-bond donors (Lipinski definition) is 1. The highest BCUT2D eigenvalue weighted by Crippen LogP contribution is 2.25. The minimum absolute atomic E-state index is 0.000703. The van der Waals surface area contributed by atoms with Crippen molar-refractivity contribution in [2.45, 2.75) is 33.3 Å². The highest BCUT2D eigenvalue weighted by atomic mass is 32.1. The highest BCUT2D eigenvalue weighted by Gasteiger charge is 2.29. The fourth-order valence-corrected chi connectivity index (χ4v) is 4.57. The monoisotopic (exact) mass is 493 g/mol. The number of thiazole rings is 1. The van der Waals surface area contributed by atoms with Crippen molar-refractivity contribution < 1.29 is 14.3 Å². The van der Waals surface area contributed by atoms with Crippen LogP contribution in [0.1, 0.15) is 36.9 Å². The van der Waals surface area contributed by atoms with E-state index in [1.165, 1.54) is 0 Å². The molecule has 9 heteroatoms. The van der Waals surface area contributed by atoms with Crippen molar-refractivity contribution in [2.75, 3.05) is 36.5 Å². The van der Waals surface area contributed by atoms with Gasteiger partial charge in [-0.15, -0.1) is 11.3 Å². The van der Waals surface area contributed by atoms with Gasteiger partial charge < -0.3 is 19.9 Å². The minimum Gasteiger partial charge on any atom is -0.368 e. The third-order valence-electron chi connectivity index (χ3n) is 5.62. The number of hydrogen-bond acceptors (Lipinski definition) is 7. The highest BCUT2D eigenvalue weighted by molar-refractivity contribution is 7.15. The van der Waals surface area contributed by atoms with Gasteiger partial charge in [0.15, 0.2) is 5.13 Å². The molecule has 8 nitrogen and oxygen atoms in total. The molecule has 2 amide bonds. The molecule has 0 saturated carbocycles. The van der Waals surface area contributed by atoms with Gasteiger partial charge in [-0.3, -0.25) is 9.59 Å². The van der Waals surface area contributed by atoms with Crippen molar-refractivity contribution in [3.05, 3.63) is 65.3 Å². The van der Waals surface area contributed by atoms with Gasteiger partial charge in [0.2, 0.25) is 11.8 Å². The predicted molar refractivity (Wildman–Crippen MR) is 138 cm³/mol. The summed E-state index contributed by atoms with van der Waals surface area (Å²) in [5, 5.41) is 4.00. The number of pyridine rings is 1. The van der Waals surface area contributed by atoms with Gasteiger partial charge in [-0.2, -0.15) is 0 Å². The van der Waals surface area contributed by atoms with Crippen molar-refractivity contribution in [1.29, 1.82) is 0 Å². The van der Waals surface area contributed by atoms with Gasteiger partial charge in [0.1, 0.15) is 18.5 Å². The molecule has 1 fully saturated rings. The van der Waals surface area contributed by atoms with Crippen molar-refractivity contribution >= 4 is 39.8 Å². The number of para-hydroxylation sites is 1. The van der Waals surface area contributed by atoms with Crippen LogP contribution in [0.15, 0.2) is 54.7 Å². The van der Waals surface area contributed by atoms with Crippen LogP contribution in [0.3, 0.4) is 0 Å². The van der Waals surface area contributed by atoms with E-state index in [0.29, 0.717) is 31.9 Å². The molecular weight excluding hydrogens is 462 g/mol. The van der Waals surface area contributed by atoms with E-state index in [0.717, 1.165) is 21.4 Å². The normalized spacial score (nSPS) is 15.8. The molecule has 3 heterocycles. The SMILES string of the molecule is Cc1cnc(Nc2cccc(C3CN(C(=O)CN(C(=O)CC(C)C)c4ccccc4)CCO3)n2)s1. The number of carbonyl (C=O) groups excluding carboxylic acids is 2. The van der Waals surface area contributed by atoms with E-state index in [1.807, 2.05) is 75.5 Å². The number of amides is 2. The predicted octanol–water partition coefficient (Wildman–Crippen LogP) is 4.57. The van der Waals surface area contributed by atoms with Crippen LogP contribution in [0, 0.1) is 12.8 Å². The van der Waals surface area contributed by atoms with Crippen LogP contribution in [0.2, 0.25) is 0 Å². The summed E-state index contributed by atoms with van der Waals surface area (Å²) >= 11 is 1.56. The molecule has 1 N–H and O–H groups in total. The average molecular weight is 494 g/mol. The van der Waals surface area contributed by atoms with Crippen molar-refractivity contribution in [1.82, 2.24) is 14.9 Å². The quantitative estimate of drug-likeness (QED) is 0.495. The van der Waals surface area contributed by atoms with Crippen LogP contribution in [0.5, 0.6) is 0 Å². The Hall–Kier alpha value is -3.30. The molecule has 0 spiro atoms. The lowest BCUT2D eigenvalue weighted by Crippen LogP contribution is -2.48. The van der Waals surface area contributed by atoms with E-state index in [1.54, 1.807) is 21.1 Å². The third kappa shape index (κ3) is 6.64. The first-order valence-electron chi connectivity index (χ1n) is 11.8. The fraction of sp³-hybridized carbons (Fsp3) is 0.385. The summed E-state index contributed by atoms with van der Waals surface area (Å²) in [5.41, 5.74) is 1.48. The number of nitrogens with one attached hydrogen (secondary N) is 1. The van der Waals surface area contributed by atoms with Crippen molar-refractivity contribution in [3.8, 4) is 0 Å². The summed E-state index contributed by atoms with van der Waals surface area (Å²) in [6.45, 7) is 7.28. The largest absolute Gasteiger partial charge is 0.368 e. The van der Waals surface area contributed by atoms with E-state index in [9.17, 15) is 9.59 Å². The van der Waals surface area contributed by atoms with Crippen LogP contribution in [-0.4, -0.2) is 52.9 Å². The van der Waals surface area contributed by atoms with E-state index in [4.69, 9.17) is 9.72 Å². The first-order valence-corrected chi connectivity index (χ1v) is 12.6. The topological polar surface area (TPSA) is 87.7 Å². The molecule has 1 atom stereocenters. The maximum atomic E-state index is 13.3. The average Bonchev–Trinajstić information content (AvgIpc) is 3.27. The molecule has 184 valence electrons. The lowest BCUT2D eigenvalue weighted by molar-refractivity contribution is -0.138. The molecule has 1 saturated heterocycles. The fourth-order valence-electron chi connectivity index (χ4n) is 3.90. The number of nitrogens with zero attached hydrogens (tertiary/aromatic N) is 4. The number of aromatic nitrogens is 2. The summed E-state index contributed by atoms with van der Waals surface area (Å²) in [6, 6.07) is 15.1. The second kappa shape index (κ2) is 11.4. The standard InChI is InChI=1S/C26H31N5O3S/c1-18(2)14-24(32)31(20-8-5-4-6-9-20)17-25(33)30-12-13-34-22(16-30)21-10-7-11-23(28-21)29-26-27-15-19(3)35-26/h4-11,15,18,22H,12-14,16-17H2,1-3H3,(H,27,28,29). The lowest BCUT2D eigenvalue weighted by atomic mass is 10.1. The molecule has 3 aromatic rings. The van der Waals surface area contributed by atoms with Crippen LogP contribution in [-0.2, 0) is 14.3 Å². The van der Waals surface area contributed by atoms with Gasteiger partial charge in [0, 0.05) is 29.7 Å². The van der Waals surface area contributed by atoms with Gasteiger partial charge in [-0.05, 0) is 37.1 Å². The van der Waals surface area contributed by atoms with E-state index in [-0.39, 0.29) is 30.4 Å². The van der Waals surface area contributed by atoms with Gasteiger partial charge in [-0.25, -0.2) is 9.97 Å². The smallest absolute Gasteiger partial charge is 0.242 e. The number of rotatable bonds is 8. The number of carbonyl (C=O) groups is 2. The zero-order valence-corrected chi connectivity index (χ0v) is 21.1. The molecule has 0 radical (unpaired) electrons. The molecular formula is C26H31N5O3S. The van der Waals surface area contributed by atoms with E-state index in [2.05, 4.69) is 10.3 Å². The second-order valence-corrected chi connectivity index (χ2v) is 10.2. The van der Waals surface area contributed by atoms with Crippen molar-refractivity contribution in [3.63, 3.8) is 0 Å². The summed E-state index contributed by atoms with van der Waals surface area (Å²) in [7, 11) is 0. The van der Waals surface area contributed by atoms with Gasteiger partial charge >= 0.3 is 0 Å². The van der Waals surface area contributed by atoms with E-state index < -0.39 is 0 Å². The zero-order chi connectivity index (χ0) is 24.8. The van der Waals surface area contributed by atoms with Crippen molar-refractivity contribution in [2.24, 2.45) is 5.92 Å². The Kier molecular flexibility index (Phi) is 8.09. The lowest BCUT2D eigenvalue weighted by Gasteiger charge is -2.34. The first kappa shape index (κ1) is 24.8. The number of morpholine rings is 1. The second-order valence-electron chi connectivity index (χ2n) is 8.96. The van der Waals surface area contributed by atoms with E-state index >= 15 is 0 Å². The summed E-state index contributed by atoms with van der Waals surface area (Å²) < 4.78 is 5.97. The number of aryl methyl sites for hydroxylation is 1.